The van der Waals surface area contributed by atoms with Crippen LogP contribution in [0.3, 0.4) is 0 Å². The van der Waals surface area contributed by atoms with Gasteiger partial charge in [-0.2, -0.15) is 0 Å². The molecule has 4 rings (SSSR count). The molecule has 5 nitrogen and oxygen atoms in total. The highest BCUT2D eigenvalue weighted by Crippen LogP contribution is 2.66. The Morgan fingerprint density at radius 3 is 2.29 bits per heavy atom. The van der Waals surface area contributed by atoms with Gasteiger partial charge in [0.2, 0.25) is 5.91 Å². The molecule has 1 saturated heterocycles. The lowest BCUT2D eigenvalue weighted by Crippen LogP contribution is -2.49. The number of benzene rings is 1. The number of amides is 1. The maximum Gasteiger partial charge on any atom is 0.312 e. The third-order valence-electron chi connectivity index (χ3n) is 7.28. The van der Waals surface area contributed by atoms with Crippen LogP contribution < -0.4 is 4.74 Å². The number of carbonyl (C=O) groups is 2. The smallest absolute Gasteiger partial charge is 0.312 e. The first-order chi connectivity index (χ1) is 13.5. The van der Waals surface area contributed by atoms with Crippen molar-refractivity contribution in [3.63, 3.8) is 0 Å². The maximum atomic E-state index is 12.9. The van der Waals surface area contributed by atoms with Crippen molar-refractivity contribution in [1.82, 2.24) is 4.90 Å². The van der Waals surface area contributed by atoms with Crippen LogP contribution in [-0.2, 0) is 20.7 Å². The van der Waals surface area contributed by atoms with Crippen molar-refractivity contribution >= 4 is 11.9 Å². The second-order valence-corrected chi connectivity index (χ2v) is 8.82. The van der Waals surface area contributed by atoms with E-state index < -0.39 is 5.41 Å². The first-order valence-corrected chi connectivity index (χ1v) is 10.6. The summed E-state index contributed by atoms with van der Waals surface area (Å²) in [5.41, 5.74) is 0.916. The van der Waals surface area contributed by atoms with Gasteiger partial charge >= 0.3 is 5.97 Å². The maximum absolute atomic E-state index is 12.9. The second kappa shape index (κ2) is 7.41. The number of nitrogens with zero attached hydrogens (tertiary/aromatic N) is 1. The van der Waals surface area contributed by atoms with Crippen molar-refractivity contribution in [2.45, 2.75) is 51.9 Å². The van der Waals surface area contributed by atoms with Crippen molar-refractivity contribution < 1.29 is 19.1 Å². The molecule has 1 aromatic carbocycles. The van der Waals surface area contributed by atoms with E-state index in [0.717, 1.165) is 17.7 Å². The third kappa shape index (κ3) is 3.40. The van der Waals surface area contributed by atoms with Crippen molar-refractivity contribution in [3.05, 3.63) is 29.8 Å². The Balaban J connectivity index is 1.43. The molecular weight excluding hydrogens is 354 g/mol. The lowest BCUT2D eigenvalue weighted by atomic mass is 9.73. The van der Waals surface area contributed by atoms with Gasteiger partial charge in [-0.3, -0.25) is 9.59 Å². The molecule has 152 valence electrons. The fourth-order valence-corrected chi connectivity index (χ4v) is 5.13. The van der Waals surface area contributed by atoms with Crippen LogP contribution in [-0.4, -0.2) is 43.6 Å². The van der Waals surface area contributed by atoms with E-state index in [1.165, 1.54) is 19.3 Å². The molecule has 1 spiro atoms. The molecule has 1 amide bonds. The fourth-order valence-electron chi connectivity index (χ4n) is 5.13. The van der Waals surface area contributed by atoms with Gasteiger partial charge in [-0.25, -0.2) is 0 Å². The summed E-state index contributed by atoms with van der Waals surface area (Å²) >= 11 is 0. The molecule has 3 aliphatic rings. The van der Waals surface area contributed by atoms with Gasteiger partial charge in [0.15, 0.2) is 0 Å². The largest absolute Gasteiger partial charge is 0.497 e. The summed E-state index contributed by atoms with van der Waals surface area (Å²) in [6.45, 7) is 3.54. The molecule has 3 fully saturated rings. The Morgan fingerprint density at radius 1 is 1.11 bits per heavy atom. The molecule has 2 aliphatic carbocycles. The molecule has 0 N–H and O–H groups in total. The fraction of sp³-hybridized carbons (Fsp3) is 0.652. The minimum Gasteiger partial charge on any atom is -0.497 e. The van der Waals surface area contributed by atoms with E-state index in [1.54, 1.807) is 7.11 Å². The van der Waals surface area contributed by atoms with Gasteiger partial charge in [0.1, 0.15) is 5.75 Å². The first kappa shape index (κ1) is 19.3. The Kier molecular flexibility index (Phi) is 5.11. The van der Waals surface area contributed by atoms with E-state index in [0.29, 0.717) is 50.3 Å². The van der Waals surface area contributed by atoms with E-state index in [1.807, 2.05) is 36.1 Å². The monoisotopic (exact) mass is 385 g/mol. The van der Waals surface area contributed by atoms with Gasteiger partial charge in [0, 0.05) is 19.0 Å². The molecule has 0 radical (unpaired) electrons. The molecule has 1 aliphatic heterocycles. The van der Waals surface area contributed by atoms with Crippen LogP contribution >= 0.6 is 0 Å². The summed E-state index contributed by atoms with van der Waals surface area (Å²) in [4.78, 5) is 27.8. The Morgan fingerprint density at radius 2 is 1.79 bits per heavy atom. The molecule has 1 atom stereocenters. The molecular formula is C23H31NO4. The predicted octanol–water partition coefficient (Wildman–Crippen LogP) is 3.60. The quantitative estimate of drug-likeness (QED) is 0.702. The van der Waals surface area contributed by atoms with Crippen molar-refractivity contribution in [3.8, 4) is 5.75 Å². The number of likely N-dealkylation sites (tertiary alicyclic amines) is 1. The zero-order valence-corrected chi connectivity index (χ0v) is 17.0. The number of hydrogen-bond donors (Lipinski definition) is 0. The Labute approximate surface area is 167 Å². The zero-order chi connectivity index (χ0) is 19.8. The van der Waals surface area contributed by atoms with Gasteiger partial charge < -0.3 is 14.4 Å². The predicted molar refractivity (Wildman–Crippen MR) is 106 cm³/mol. The van der Waals surface area contributed by atoms with Crippen molar-refractivity contribution in [2.75, 3.05) is 26.8 Å². The molecule has 1 aromatic rings. The van der Waals surface area contributed by atoms with E-state index in [4.69, 9.17) is 9.47 Å². The minimum atomic E-state index is -0.543. The van der Waals surface area contributed by atoms with Crippen molar-refractivity contribution in [2.24, 2.45) is 16.7 Å². The topological polar surface area (TPSA) is 55.8 Å². The highest BCUT2D eigenvalue weighted by molar-refractivity contribution is 5.84. The summed E-state index contributed by atoms with van der Waals surface area (Å²) in [5.74, 6) is 1.25. The summed E-state index contributed by atoms with van der Waals surface area (Å²) < 4.78 is 10.7. The number of piperidine rings is 1. The number of methoxy groups -OCH3 is 1. The van der Waals surface area contributed by atoms with E-state index in [-0.39, 0.29) is 11.9 Å². The van der Waals surface area contributed by atoms with Crippen LogP contribution in [0.2, 0.25) is 0 Å². The van der Waals surface area contributed by atoms with Crippen LogP contribution in [0.4, 0.5) is 0 Å². The highest BCUT2D eigenvalue weighted by atomic mass is 16.5. The van der Waals surface area contributed by atoms with E-state index in [2.05, 4.69) is 0 Å². The average Bonchev–Trinajstić information content (AvgIpc) is 3.45. The van der Waals surface area contributed by atoms with Gasteiger partial charge in [0.05, 0.1) is 19.1 Å². The number of hydrogen-bond acceptors (Lipinski definition) is 4. The molecule has 2 saturated carbocycles. The Hall–Kier alpha value is -2.04. The van der Waals surface area contributed by atoms with Crippen LogP contribution in [0.1, 0.15) is 51.0 Å². The highest BCUT2D eigenvalue weighted by Gasteiger charge is 2.62. The van der Waals surface area contributed by atoms with Gasteiger partial charge in [-0.1, -0.05) is 18.6 Å². The normalized spacial score (nSPS) is 24.4. The van der Waals surface area contributed by atoms with Crippen LogP contribution in [0.5, 0.6) is 5.75 Å². The lowest BCUT2D eigenvalue weighted by molar-refractivity contribution is -0.160. The SMILES string of the molecule is CCOC(=O)C1(Cc2ccc(OC)cc2)CCN(C(=O)C2CC23CCC3)CC1. The van der Waals surface area contributed by atoms with Gasteiger partial charge in [0.25, 0.3) is 0 Å². The number of rotatable bonds is 6. The van der Waals surface area contributed by atoms with Gasteiger partial charge in [-0.05, 0) is 68.6 Å². The van der Waals surface area contributed by atoms with Crippen LogP contribution in [0, 0.1) is 16.7 Å². The standard InChI is InChI=1S/C23H31NO4/c1-3-28-21(26)23(15-17-5-7-18(27-2)8-6-17)11-13-24(14-12-23)20(25)19-16-22(19)9-4-10-22/h5-8,19H,3-4,9-16H2,1-2H3. The molecule has 0 bridgehead atoms. The second-order valence-electron chi connectivity index (χ2n) is 8.82. The summed E-state index contributed by atoms with van der Waals surface area (Å²) in [7, 11) is 1.65. The van der Waals surface area contributed by atoms with E-state index in [9.17, 15) is 9.59 Å². The molecule has 1 unspecified atom stereocenters. The number of esters is 1. The average molecular weight is 386 g/mol. The number of ether oxygens (including phenoxy) is 2. The summed E-state index contributed by atoms with van der Waals surface area (Å²) in [6.07, 6.45) is 6.79. The third-order valence-corrected chi connectivity index (χ3v) is 7.28. The summed E-state index contributed by atoms with van der Waals surface area (Å²) in [5, 5.41) is 0. The number of carbonyl (C=O) groups excluding carboxylic acids is 2. The Bertz CT molecular complexity index is 729. The van der Waals surface area contributed by atoms with Crippen LogP contribution in [0.25, 0.3) is 0 Å². The molecule has 28 heavy (non-hydrogen) atoms. The minimum absolute atomic E-state index is 0.125. The first-order valence-electron chi connectivity index (χ1n) is 10.6. The van der Waals surface area contributed by atoms with Crippen molar-refractivity contribution in [1.29, 1.82) is 0 Å². The lowest BCUT2D eigenvalue weighted by Gasteiger charge is -2.40. The molecule has 1 heterocycles. The van der Waals surface area contributed by atoms with Gasteiger partial charge in [-0.15, -0.1) is 0 Å². The molecule has 5 heteroatoms. The molecule has 0 aromatic heterocycles. The zero-order valence-electron chi connectivity index (χ0n) is 17.0. The van der Waals surface area contributed by atoms with Crippen LogP contribution in [0.15, 0.2) is 24.3 Å². The van der Waals surface area contributed by atoms with E-state index >= 15 is 0 Å². The summed E-state index contributed by atoms with van der Waals surface area (Å²) in [6, 6.07) is 7.89.